The van der Waals surface area contributed by atoms with Crippen LogP contribution in [0.15, 0.2) is 58.4 Å². The monoisotopic (exact) mass is 428 g/mol. The third-order valence-corrected chi connectivity index (χ3v) is 6.85. The lowest BCUT2D eigenvalue weighted by Crippen LogP contribution is -2.31. The van der Waals surface area contributed by atoms with Gasteiger partial charge in [-0.25, -0.2) is 4.98 Å². The van der Waals surface area contributed by atoms with E-state index in [1.54, 1.807) is 17.5 Å². The molecule has 0 aliphatic heterocycles. The van der Waals surface area contributed by atoms with E-state index in [2.05, 4.69) is 15.2 Å². The summed E-state index contributed by atoms with van der Waals surface area (Å²) in [5, 5.41) is 8.48. The molecule has 2 heterocycles. The minimum absolute atomic E-state index is 0.0184. The fourth-order valence-corrected chi connectivity index (χ4v) is 4.97. The summed E-state index contributed by atoms with van der Waals surface area (Å²) in [6.45, 7) is 0.466. The Labute approximate surface area is 174 Å². The highest BCUT2D eigenvalue weighted by molar-refractivity contribution is 8.01. The Morgan fingerprint density at radius 3 is 2.82 bits per heavy atom. The third-order valence-electron chi connectivity index (χ3n) is 3.96. The molecular weight excluding hydrogens is 412 g/mol. The summed E-state index contributed by atoms with van der Waals surface area (Å²) in [6, 6.07) is 15.6. The summed E-state index contributed by atoms with van der Waals surface area (Å²) in [5.41, 5.74) is 3.56. The number of benzene rings is 2. The molecule has 28 heavy (non-hydrogen) atoms. The molecule has 0 radical (unpaired) electrons. The van der Waals surface area contributed by atoms with Crippen molar-refractivity contribution in [2.24, 2.45) is 0 Å². The van der Waals surface area contributed by atoms with E-state index in [1.807, 2.05) is 48.5 Å². The number of aromatic nitrogens is 3. The maximum atomic E-state index is 13.0. The lowest BCUT2D eigenvalue weighted by atomic mass is 10.2. The summed E-state index contributed by atoms with van der Waals surface area (Å²) >= 11 is 4.30. The van der Waals surface area contributed by atoms with Crippen molar-refractivity contribution in [1.82, 2.24) is 15.2 Å². The summed E-state index contributed by atoms with van der Waals surface area (Å²) in [7, 11) is 1.64. The second kappa shape index (κ2) is 8.68. The van der Waals surface area contributed by atoms with Crippen LogP contribution < -0.4 is 9.64 Å². The second-order valence-corrected chi connectivity index (χ2v) is 8.85. The highest BCUT2D eigenvalue weighted by Gasteiger charge is 2.21. The van der Waals surface area contributed by atoms with Gasteiger partial charge < -0.3 is 4.74 Å². The van der Waals surface area contributed by atoms with Crippen LogP contribution in [0, 0.1) is 0 Å². The molecule has 2 aromatic heterocycles. The Morgan fingerprint density at radius 2 is 2.07 bits per heavy atom. The molecule has 9 heteroatoms. The standard InChI is InChI=1S/C19H16N4O2S3/c1-25-14-7-8-15-16(9-14)28-18(21-15)23(10-13-5-3-2-4-6-13)17(24)11-26-19-22-20-12-27-19/h2-9,12H,10-11H2,1H3. The van der Waals surface area contributed by atoms with Crippen molar-refractivity contribution in [1.29, 1.82) is 0 Å². The zero-order valence-corrected chi connectivity index (χ0v) is 17.4. The molecule has 0 N–H and O–H groups in total. The van der Waals surface area contributed by atoms with Crippen LogP contribution in [-0.2, 0) is 11.3 Å². The zero-order valence-electron chi connectivity index (χ0n) is 14.9. The average molecular weight is 429 g/mol. The molecule has 0 aliphatic rings. The van der Waals surface area contributed by atoms with E-state index < -0.39 is 0 Å². The first-order valence-electron chi connectivity index (χ1n) is 8.41. The lowest BCUT2D eigenvalue weighted by Gasteiger charge is -2.19. The molecule has 0 fully saturated rings. The fraction of sp³-hybridized carbons (Fsp3) is 0.158. The Balaban J connectivity index is 1.62. The van der Waals surface area contributed by atoms with Gasteiger partial charge in [-0.1, -0.05) is 64.8 Å². The number of fused-ring (bicyclic) bond motifs is 1. The van der Waals surface area contributed by atoms with Crippen molar-refractivity contribution >= 4 is 55.7 Å². The van der Waals surface area contributed by atoms with Gasteiger partial charge in [0.25, 0.3) is 0 Å². The number of nitrogens with zero attached hydrogens (tertiary/aromatic N) is 4. The molecule has 6 nitrogen and oxygen atoms in total. The minimum atomic E-state index is -0.0184. The maximum absolute atomic E-state index is 13.0. The second-order valence-electron chi connectivity index (χ2n) is 5.79. The number of thioether (sulfide) groups is 1. The number of hydrogen-bond donors (Lipinski definition) is 0. The lowest BCUT2D eigenvalue weighted by molar-refractivity contribution is -0.116. The number of ether oxygens (including phenoxy) is 1. The van der Waals surface area contributed by atoms with Crippen molar-refractivity contribution in [2.45, 2.75) is 10.9 Å². The van der Waals surface area contributed by atoms with Crippen molar-refractivity contribution in [3.63, 3.8) is 0 Å². The van der Waals surface area contributed by atoms with Gasteiger partial charge in [-0.05, 0) is 23.8 Å². The maximum Gasteiger partial charge on any atom is 0.239 e. The summed E-state index contributed by atoms with van der Waals surface area (Å²) < 4.78 is 7.06. The van der Waals surface area contributed by atoms with Crippen molar-refractivity contribution in [3.8, 4) is 5.75 Å². The molecule has 4 rings (SSSR count). The first-order valence-corrected chi connectivity index (χ1v) is 11.1. The molecule has 4 aromatic rings. The predicted octanol–water partition coefficient (Wildman–Crippen LogP) is 4.48. The van der Waals surface area contributed by atoms with Crippen molar-refractivity contribution < 1.29 is 9.53 Å². The predicted molar refractivity (Wildman–Crippen MR) is 114 cm³/mol. The van der Waals surface area contributed by atoms with Gasteiger partial charge in [0.1, 0.15) is 11.3 Å². The van der Waals surface area contributed by atoms with E-state index in [0.717, 1.165) is 25.9 Å². The smallest absolute Gasteiger partial charge is 0.239 e. The topological polar surface area (TPSA) is 68.2 Å². The molecule has 0 atom stereocenters. The molecular formula is C19H16N4O2S3. The van der Waals surface area contributed by atoms with E-state index in [9.17, 15) is 4.79 Å². The first-order chi connectivity index (χ1) is 13.7. The first kappa shape index (κ1) is 18.9. The van der Waals surface area contributed by atoms with E-state index in [-0.39, 0.29) is 11.7 Å². The molecule has 0 unspecified atom stereocenters. The molecule has 0 bridgehead atoms. The van der Waals surface area contributed by atoms with Gasteiger partial charge in [-0.15, -0.1) is 10.2 Å². The highest BCUT2D eigenvalue weighted by Crippen LogP contribution is 2.33. The quantitative estimate of drug-likeness (QED) is 0.404. The Kier molecular flexibility index (Phi) is 5.84. The van der Waals surface area contributed by atoms with Gasteiger partial charge >= 0.3 is 0 Å². The number of hydrogen-bond acceptors (Lipinski definition) is 8. The average Bonchev–Trinajstić information content (AvgIpc) is 3.39. The fourth-order valence-electron chi connectivity index (χ4n) is 2.59. The van der Waals surface area contributed by atoms with Crippen LogP contribution in [0.5, 0.6) is 5.75 Å². The van der Waals surface area contributed by atoms with Gasteiger partial charge in [0.05, 0.1) is 29.6 Å². The van der Waals surface area contributed by atoms with Crippen LogP contribution in [0.25, 0.3) is 10.2 Å². The normalized spacial score (nSPS) is 10.9. The Bertz CT molecular complexity index is 1070. The zero-order chi connectivity index (χ0) is 19.3. The molecule has 0 saturated heterocycles. The summed E-state index contributed by atoms with van der Waals surface area (Å²) in [4.78, 5) is 19.5. The number of methoxy groups -OCH3 is 1. The summed E-state index contributed by atoms with van der Waals surface area (Å²) in [5.74, 6) is 1.03. The Hall–Kier alpha value is -2.49. The largest absolute Gasteiger partial charge is 0.497 e. The van der Waals surface area contributed by atoms with Crippen LogP contribution in [0.3, 0.4) is 0 Å². The van der Waals surface area contributed by atoms with Crippen LogP contribution in [0.4, 0.5) is 5.13 Å². The van der Waals surface area contributed by atoms with Crippen LogP contribution in [-0.4, -0.2) is 34.0 Å². The van der Waals surface area contributed by atoms with E-state index in [0.29, 0.717) is 11.7 Å². The number of carbonyl (C=O) groups excluding carboxylic acids is 1. The number of rotatable bonds is 7. The van der Waals surface area contributed by atoms with Gasteiger partial charge in [0.15, 0.2) is 9.47 Å². The van der Waals surface area contributed by atoms with E-state index in [4.69, 9.17) is 4.74 Å². The van der Waals surface area contributed by atoms with Crippen molar-refractivity contribution in [2.75, 3.05) is 17.8 Å². The summed E-state index contributed by atoms with van der Waals surface area (Å²) in [6.07, 6.45) is 0. The molecule has 142 valence electrons. The van der Waals surface area contributed by atoms with Gasteiger partial charge in [-0.3, -0.25) is 9.69 Å². The number of carbonyl (C=O) groups is 1. The van der Waals surface area contributed by atoms with Crippen LogP contribution in [0.2, 0.25) is 0 Å². The minimum Gasteiger partial charge on any atom is -0.497 e. The van der Waals surface area contributed by atoms with Gasteiger partial charge in [0, 0.05) is 0 Å². The van der Waals surface area contributed by atoms with E-state index in [1.165, 1.54) is 34.4 Å². The molecule has 1 amide bonds. The number of amides is 1. The molecule has 0 spiro atoms. The third kappa shape index (κ3) is 4.32. The highest BCUT2D eigenvalue weighted by atomic mass is 32.2. The van der Waals surface area contributed by atoms with Gasteiger partial charge in [0.2, 0.25) is 5.91 Å². The Morgan fingerprint density at radius 1 is 1.21 bits per heavy atom. The number of anilines is 1. The molecule has 2 aromatic carbocycles. The SMILES string of the molecule is COc1ccc2nc(N(Cc3ccccc3)C(=O)CSc3nncs3)sc2c1. The molecule has 0 aliphatic carbocycles. The number of thiazole rings is 1. The van der Waals surface area contributed by atoms with Crippen LogP contribution >= 0.6 is 34.4 Å². The van der Waals surface area contributed by atoms with Gasteiger partial charge in [-0.2, -0.15) is 0 Å². The van der Waals surface area contributed by atoms with E-state index >= 15 is 0 Å². The molecule has 0 saturated carbocycles. The van der Waals surface area contributed by atoms with Crippen LogP contribution in [0.1, 0.15) is 5.56 Å². The van der Waals surface area contributed by atoms with Crippen molar-refractivity contribution in [3.05, 3.63) is 59.6 Å².